The van der Waals surface area contributed by atoms with Crippen LogP contribution in [-0.2, 0) is 16.8 Å². The van der Waals surface area contributed by atoms with Gasteiger partial charge in [-0.1, -0.05) is 26.0 Å². The van der Waals surface area contributed by atoms with E-state index in [-0.39, 0.29) is 23.0 Å². The van der Waals surface area contributed by atoms with Gasteiger partial charge in [0.05, 0.1) is 11.4 Å². The number of carbonyl (C=O) groups is 2. The van der Waals surface area contributed by atoms with E-state index in [1.54, 1.807) is 18.2 Å². The van der Waals surface area contributed by atoms with Crippen molar-refractivity contribution < 1.29 is 14.0 Å². The quantitative estimate of drug-likeness (QED) is 0.842. The molecular formula is C18H21FN2O2S. The standard InChI is InChI=1S/C18H21FN2O2S/c1-12(22)20-10-15-8-9-16(24-15)17(23)21-11-18(2,3)13-4-6-14(19)7-5-13/h4-9H,10-11H2,1-3H3,(H,20,22)(H,21,23). The summed E-state index contributed by atoms with van der Waals surface area (Å²) in [4.78, 5) is 24.7. The Kier molecular flexibility index (Phi) is 5.72. The lowest BCUT2D eigenvalue weighted by atomic mass is 9.84. The number of hydrogen-bond donors (Lipinski definition) is 2. The summed E-state index contributed by atoms with van der Waals surface area (Å²) in [6.07, 6.45) is 0. The minimum absolute atomic E-state index is 0.101. The molecule has 1 heterocycles. The van der Waals surface area contributed by atoms with Crippen molar-refractivity contribution >= 4 is 23.2 Å². The molecule has 0 aliphatic carbocycles. The number of carbonyl (C=O) groups excluding carboxylic acids is 2. The summed E-state index contributed by atoms with van der Waals surface area (Å²) < 4.78 is 13.0. The first-order chi connectivity index (χ1) is 11.3. The van der Waals surface area contributed by atoms with E-state index in [1.165, 1.54) is 30.4 Å². The molecule has 0 radical (unpaired) electrons. The second-order valence-electron chi connectivity index (χ2n) is 6.25. The Bertz CT molecular complexity index is 723. The number of nitrogens with one attached hydrogen (secondary N) is 2. The van der Waals surface area contributed by atoms with E-state index in [4.69, 9.17) is 0 Å². The molecule has 0 aliphatic rings. The van der Waals surface area contributed by atoms with Gasteiger partial charge in [0, 0.05) is 23.8 Å². The maximum Gasteiger partial charge on any atom is 0.261 e. The van der Waals surface area contributed by atoms with E-state index >= 15 is 0 Å². The van der Waals surface area contributed by atoms with E-state index in [2.05, 4.69) is 10.6 Å². The highest BCUT2D eigenvalue weighted by molar-refractivity contribution is 7.14. The highest BCUT2D eigenvalue weighted by Crippen LogP contribution is 2.23. The monoisotopic (exact) mass is 348 g/mol. The largest absolute Gasteiger partial charge is 0.351 e. The highest BCUT2D eigenvalue weighted by Gasteiger charge is 2.22. The van der Waals surface area contributed by atoms with Crippen LogP contribution in [0, 0.1) is 5.82 Å². The molecule has 0 unspecified atom stereocenters. The fourth-order valence-corrected chi connectivity index (χ4v) is 3.06. The van der Waals surface area contributed by atoms with Gasteiger partial charge in [0.2, 0.25) is 5.91 Å². The number of hydrogen-bond acceptors (Lipinski definition) is 3. The fraction of sp³-hybridized carbons (Fsp3) is 0.333. The Morgan fingerprint density at radius 3 is 2.38 bits per heavy atom. The molecule has 1 aromatic heterocycles. The Labute approximate surface area is 145 Å². The molecule has 1 aromatic carbocycles. The minimum Gasteiger partial charge on any atom is -0.351 e. The van der Waals surface area contributed by atoms with Crippen molar-refractivity contribution in [3.8, 4) is 0 Å². The average molecular weight is 348 g/mol. The van der Waals surface area contributed by atoms with Crippen LogP contribution < -0.4 is 10.6 Å². The van der Waals surface area contributed by atoms with E-state index in [9.17, 15) is 14.0 Å². The van der Waals surface area contributed by atoms with Gasteiger partial charge < -0.3 is 10.6 Å². The zero-order chi connectivity index (χ0) is 17.7. The predicted molar refractivity (Wildman–Crippen MR) is 93.6 cm³/mol. The molecule has 2 aromatic rings. The van der Waals surface area contributed by atoms with Crippen molar-refractivity contribution in [2.24, 2.45) is 0 Å². The van der Waals surface area contributed by atoms with Crippen LogP contribution >= 0.6 is 11.3 Å². The molecular weight excluding hydrogens is 327 g/mol. The molecule has 24 heavy (non-hydrogen) atoms. The number of thiophene rings is 1. The van der Waals surface area contributed by atoms with Crippen molar-refractivity contribution in [2.75, 3.05) is 6.54 Å². The molecule has 0 saturated heterocycles. The normalized spacial score (nSPS) is 11.2. The molecule has 0 aliphatic heterocycles. The zero-order valence-electron chi connectivity index (χ0n) is 14.0. The smallest absolute Gasteiger partial charge is 0.261 e. The molecule has 2 rings (SSSR count). The second kappa shape index (κ2) is 7.57. The van der Waals surface area contributed by atoms with E-state index in [0.29, 0.717) is 18.0 Å². The van der Waals surface area contributed by atoms with Gasteiger partial charge in [-0.2, -0.15) is 0 Å². The minimum atomic E-state index is -0.306. The van der Waals surface area contributed by atoms with Gasteiger partial charge in [0.25, 0.3) is 5.91 Å². The lowest BCUT2D eigenvalue weighted by Crippen LogP contribution is -2.36. The molecule has 0 saturated carbocycles. The first-order valence-corrected chi connectivity index (χ1v) is 8.47. The summed E-state index contributed by atoms with van der Waals surface area (Å²) in [6, 6.07) is 9.90. The number of amides is 2. The molecule has 6 heteroatoms. The van der Waals surface area contributed by atoms with Crippen LogP contribution in [0.3, 0.4) is 0 Å². The van der Waals surface area contributed by atoms with Gasteiger partial charge in [0.1, 0.15) is 5.82 Å². The number of rotatable bonds is 6. The Balaban J connectivity index is 1.94. The van der Waals surface area contributed by atoms with E-state index in [0.717, 1.165) is 10.4 Å². The third kappa shape index (κ3) is 4.89. The first-order valence-electron chi connectivity index (χ1n) is 7.65. The number of benzene rings is 1. The van der Waals surface area contributed by atoms with Gasteiger partial charge >= 0.3 is 0 Å². The van der Waals surface area contributed by atoms with Gasteiger partial charge in [-0.15, -0.1) is 11.3 Å². The van der Waals surface area contributed by atoms with Crippen LogP contribution in [0.4, 0.5) is 4.39 Å². The Morgan fingerprint density at radius 2 is 1.75 bits per heavy atom. The Hall–Kier alpha value is -2.21. The van der Waals surface area contributed by atoms with Crippen LogP contribution in [0.25, 0.3) is 0 Å². The lowest BCUT2D eigenvalue weighted by Gasteiger charge is -2.25. The third-order valence-electron chi connectivity index (χ3n) is 3.71. The molecule has 0 atom stereocenters. The van der Waals surface area contributed by atoms with Gasteiger partial charge in [-0.25, -0.2) is 4.39 Å². The molecule has 2 N–H and O–H groups in total. The van der Waals surface area contributed by atoms with Crippen molar-refractivity contribution in [3.05, 3.63) is 57.5 Å². The van der Waals surface area contributed by atoms with Crippen LogP contribution in [0.15, 0.2) is 36.4 Å². The van der Waals surface area contributed by atoms with Gasteiger partial charge in [-0.05, 0) is 29.8 Å². The van der Waals surface area contributed by atoms with Crippen LogP contribution in [-0.4, -0.2) is 18.4 Å². The molecule has 2 amide bonds. The van der Waals surface area contributed by atoms with Crippen LogP contribution in [0.2, 0.25) is 0 Å². The fourth-order valence-electron chi connectivity index (χ4n) is 2.20. The summed E-state index contributed by atoms with van der Waals surface area (Å²) in [5.74, 6) is -0.524. The van der Waals surface area contributed by atoms with Crippen molar-refractivity contribution in [2.45, 2.75) is 32.7 Å². The van der Waals surface area contributed by atoms with Crippen molar-refractivity contribution in [1.82, 2.24) is 10.6 Å². The van der Waals surface area contributed by atoms with Crippen LogP contribution in [0.1, 0.15) is 40.9 Å². The Morgan fingerprint density at radius 1 is 1.08 bits per heavy atom. The van der Waals surface area contributed by atoms with E-state index in [1.807, 2.05) is 19.9 Å². The summed E-state index contributed by atoms with van der Waals surface area (Å²) in [6.45, 7) is 6.32. The second-order valence-corrected chi connectivity index (χ2v) is 7.42. The lowest BCUT2D eigenvalue weighted by molar-refractivity contribution is -0.119. The SMILES string of the molecule is CC(=O)NCc1ccc(C(=O)NCC(C)(C)c2ccc(F)cc2)s1. The molecule has 0 bridgehead atoms. The molecule has 0 fully saturated rings. The molecule has 128 valence electrons. The zero-order valence-corrected chi connectivity index (χ0v) is 14.8. The van der Waals surface area contributed by atoms with Crippen LogP contribution in [0.5, 0.6) is 0 Å². The first kappa shape index (κ1) is 18.1. The highest BCUT2D eigenvalue weighted by atomic mass is 32.1. The maximum absolute atomic E-state index is 13.0. The van der Waals surface area contributed by atoms with Crippen molar-refractivity contribution in [3.63, 3.8) is 0 Å². The molecule has 0 spiro atoms. The predicted octanol–water partition coefficient (Wildman–Crippen LogP) is 3.23. The third-order valence-corrected chi connectivity index (χ3v) is 4.80. The van der Waals surface area contributed by atoms with Gasteiger partial charge in [0.15, 0.2) is 0 Å². The maximum atomic E-state index is 13.0. The summed E-state index contributed by atoms with van der Waals surface area (Å²) in [5, 5.41) is 5.63. The number of halogens is 1. The molecule has 4 nitrogen and oxygen atoms in total. The topological polar surface area (TPSA) is 58.2 Å². The van der Waals surface area contributed by atoms with Gasteiger partial charge in [-0.3, -0.25) is 9.59 Å². The van der Waals surface area contributed by atoms with Crippen molar-refractivity contribution in [1.29, 1.82) is 0 Å². The summed E-state index contributed by atoms with van der Waals surface area (Å²) in [7, 11) is 0. The summed E-state index contributed by atoms with van der Waals surface area (Å²) in [5.41, 5.74) is 0.654. The van der Waals surface area contributed by atoms with E-state index < -0.39 is 0 Å². The average Bonchev–Trinajstić information content (AvgIpc) is 3.00. The summed E-state index contributed by atoms with van der Waals surface area (Å²) >= 11 is 1.35.